The first-order valence-corrected chi connectivity index (χ1v) is 12.0. The highest BCUT2D eigenvalue weighted by atomic mass is 35.5. The molecule has 9 nitrogen and oxygen atoms in total. The fraction of sp³-hybridized carbons (Fsp3) is 0.375. The van der Waals surface area contributed by atoms with E-state index in [1.807, 2.05) is 0 Å². The number of hydrogen-bond acceptors (Lipinski definition) is 7. The smallest absolute Gasteiger partial charge is 0.289 e. The lowest BCUT2D eigenvalue weighted by Gasteiger charge is -2.35. The summed E-state index contributed by atoms with van der Waals surface area (Å²) in [5.74, 6) is -0.218. The van der Waals surface area contributed by atoms with Crippen LogP contribution in [0.2, 0.25) is 10.0 Å². The van der Waals surface area contributed by atoms with Gasteiger partial charge in [0.05, 0.1) is 28.4 Å². The van der Waals surface area contributed by atoms with Crippen molar-refractivity contribution < 1.29 is 23.8 Å². The van der Waals surface area contributed by atoms with Crippen LogP contribution in [0.3, 0.4) is 0 Å². The van der Waals surface area contributed by atoms with Gasteiger partial charge < -0.3 is 29.8 Å². The number of unbranched alkanes of at least 4 members (excludes halogenated alkanes) is 1. The number of benzene rings is 1. The SMILES string of the molecule is COc1ccc(C(=O)Nc2c(Cl)cncc2Cl)c2cc(C(=O)N3CCNCC3CCCCO)oc12. The van der Waals surface area contributed by atoms with Crippen molar-refractivity contribution in [3.05, 3.63) is 52.0 Å². The number of hydrogen-bond donors (Lipinski definition) is 3. The summed E-state index contributed by atoms with van der Waals surface area (Å²) < 4.78 is 11.4. The molecular weight excluding hydrogens is 495 g/mol. The van der Waals surface area contributed by atoms with E-state index in [0.29, 0.717) is 42.8 Å². The second-order valence-electron chi connectivity index (χ2n) is 8.18. The minimum Gasteiger partial charge on any atom is -0.493 e. The summed E-state index contributed by atoms with van der Waals surface area (Å²) >= 11 is 12.3. The van der Waals surface area contributed by atoms with Crippen molar-refractivity contribution in [2.24, 2.45) is 0 Å². The molecular formula is C24H26Cl2N4O5. The van der Waals surface area contributed by atoms with Crippen molar-refractivity contribution in [2.45, 2.75) is 25.3 Å². The number of furan rings is 1. The number of carbonyl (C=O) groups excluding carboxylic acids is 2. The largest absolute Gasteiger partial charge is 0.493 e. The Hall–Kier alpha value is -2.85. The molecule has 3 N–H and O–H groups in total. The Labute approximate surface area is 212 Å². The Balaban J connectivity index is 1.66. The Bertz CT molecular complexity index is 1210. The summed E-state index contributed by atoms with van der Waals surface area (Å²) in [5.41, 5.74) is 0.804. The van der Waals surface area contributed by atoms with E-state index in [2.05, 4.69) is 15.6 Å². The van der Waals surface area contributed by atoms with E-state index < -0.39 is 5.91 Å². The maximum absolute atomic E-state index is 13.4. The van der Waals surface area contributed by atoms with E-state index in [-0.39, 0.29) is 45.6 Å². The van der Waals surface area contributed by atoms with Gasteiger partial charge in [-0.15, -0.1) is 0 Å². The molecule has 4 rings (SSSR count). The van der Waals surface area contributed by atoms with Crippen LogP contribution in [-0.2, 0) is 0 Å². The molecule has 3 heterocycles. The second-order valence-corrected chi connectivity index (χ2v) is 8.99. The second kappa shape index (κ2) is 11.3. The number of piperazine rings is 1. The van der Waals surface area contributed by atoms with Gasteiger partial charge in [0.1, 0.15) is 0 Å². The van der Waals surface area contributed by atoms with Crippen LogP contribution in [0.5, 0.6) is 5.75 Å². The maximum atomic E-state index is 13.4. The van der Waals surface area contributed by atoms with Crippen molar-refractivity contribution >= 4 is 51.7 Å². The lowest BCUT2D eigenvalue weighted by Crippen LogP contribution is -2.53. The zero-order valence-corrected chi connectivity index (χ0v) is 20.7. The maximum Gasteiger partial charge on any atom is 0.289 e. The molecule has 3 aromatic rings. The molecule has 0 spiro atoms. The molecule has 2 amide bonds. The summed E-state index contributed by atoms with van der Waals surface area (Å²) in [6.45, 7) is 2.00. The monoisotopic (exact) mass is 520 g/mol. The topological polar surface area (TPSA) is 117 Å². The fourth-order valence-electron chi connectivity index (χ4n) is 4.19. The lowest BCUT2D eigenvalue weighted by molar-refractivity contribution is 0.0590. The standard InChI is InChI=1S/C24H26Cl2N4O5/c1-34-19-6-5-15(23(32)29-21-17(25)12-28-13-18(21)26)16-10-20(35-22(16)19)24(33)30-8-7-27-11-14(30)4-2-3-9-31/h5-6,10,12-14,27,31H,2-4,7-9,11H2,1H3,(H,28,29,32). The van der Waals surface area contributed by atoms with Crippen molar-refractivity contribution in [1.29, 1.82) is 0 Å². The quantitative estimate of drug-likeness (QED) is 0.384. The van der Waals surface area contributed by atoms with Crippen LogP contribution in [0.4, 0.5) is 5.69 Å². The first kappa shape index (κ1) is 25.2. The number of rotatable bonds is 8. The molecule has 2 aromatic heterocycles. The average molecular weight is 521 g/mol. The van der Waals surface area contributed by atoms with Gasteiger partial charge in [-0.05, 0) is 37.5 Å². The summed E-state index contributed by atoms with van der Waals surface area (Å²) in [6.07, 6.45) is 5.02. The average Bonchev–Trinajstić information content (AvgIpc) is 3.31. The Morgan fingerprint density at radius 1 is 1.29 bits per heavy atom. The predicted octanol–water partition coefficient (Wildman–Crippen LogP) is 3.97. The van der Waals surface area contributed by atoms with E-state index in [9.17, 15) is 9.59 Å². The van der Waals surface area contributed by atoms with Crippen LogP contribution in [0.15, 0.2) is 35.0 Å². The van der Waals surface area contributed by atoms with Gasteiger partial charge in [0.25, 0.3) is 11.8 Å². The summed E-state index contributed by atoms with van der Waals surface area (Å²) in [7, 11) is 1.49. The van der Waals surface area contributed by atoms with Gasteiger partial charge >= 0.3 is 0 Å². The molecule has 0 aliphatic carbocycles. The first-order valence-electron chi connectivity index (χ1n) is 11.3. The number of ether oxygens (including phenoxy) is 1. The first-order chi connectivity index (χ1) is 16.9. The molecule has 35 heavy (non-hydrogen) atoms. The number of fused-ring (bicyclic) bond motifs is 1. The van der Waals surface area contributed by atoms with Crippen molar-refractivity contribution in [1.82, 2.24) is 15.2 Å². The number of aliphatic hydroxyl groups is 1. The van der Waals surface area contributed by atoms with Crippen LogP contribution < -0.4 is 15.4 Å². The molecule has 0 saturated carbocycles. The summed E-state index contributed by atoms with van der Waals surface area (Å²) in [4.78, 5) is 32.3. The van der Waals surface area contributed by atoms with E-state index in [4.69, 9.17) is 37.5 Å². The number of carbonyl (C=O) groups is 2. The summed E-state index contributed by atoms with van der Waals surface area (Å²) in [6, 6.07) is 4.74. The highest BCUT2D eigenvalue weighted by Gasteiger charge is 2.30. The molecule has 1 aliphatic rings. The van der Waals surface area contributed by atoms with Gasteiger partial charge in [-0.1, -0.05) is 23.2 Å². The van der Waals surface area contributed by atoms with Gasteiger partial charge in [-0.25, -0.2) is 0 Å². The molecule has 0 bridgehead atoms. The number of methoxy groups -OCH3 is 1. The third kappa shape index (κ3) is 5.38. The molecule has 1 atom stereocenters. The van der Waals surface area contributed by atoms with Crippen molar-refractivity contribution in [3.8, 4) is 5.75 Å². The van der Waals surface area contributed by atoms with Crippen LogP contribution in [-0.4, -0.2) is 66.2 Å². The van der Waals surface area contributed by atoms with Crippen LogP contribution >= 0.6 is 23.2 Å². The van der Waals surface area contributed by atoms with Crippen LogP contribution in [0.1, 0.15) is 40.2 Å². The normalized spacial score (nSPS) is 15.9. The molecule has 1 unspecified atom stereocenters. The van der Waals surface area contributed by atoms with E-state index in [0.717, 1.165) is 12.8 Å². The number of halogens is 2. The van der Waals surface area contributed by atoms with E-state index in [1.165, 1.54) is 19.5 Å². The fourth-order valence-corrected chi connectivity index (χ4v) is 4.65. The van der Waals surface area contributed by atoms with Gasteiger partial charge in [-0.3, -0.25) is 14.6 Å². The predicted molar refractivity (Wildman–Crippen MR) is 134 cm³/mol. The Morgan fingerprint density at radius 2 is 2.06 bits per heavy atom. The number of aromatic nitrogens is 1. The third-order valence-electron chi connectivity index (χ3n) is 5.97. The minimum atomic E-state index is -0.475. The van der Waals surface area contributed by atoms with E-state index in [1.54, 1.807) is 23.1 Å². The van der Waals surface area contributed by atoms with Gasteiger partial charge in [0.2, 0.25) is 0 Å². The van der Waals surface area contributed by atoms with Gasteiger partial charge in [-0.2, -0.15) is 0 Å². The van der Waals surface area contributed by atoms with E-state index >= 15 is 0 Å². The molecule has 1 aliphatic heterocycles. The third-order valence-corrected chi connectivity index (χ3v) is 6.54. The van der Waals surface area contributed by atoms with Gasteiger partial charge in [0, 0.05) is 50.1 Å². The molecule has 1 fully saturated rings. The highest BCUT2D eigenvalue weighted by molar-refractivity contribution is 6.39. The number of nitrogens with one attached hydrogen (secondary N) is 2. The van der Waals surface area contributed by atoms with Crippen LogP contribution in [0.25, 0.3) is 11.0 Å². The minimum absolute atomic E-state index is 0.0170. The zero-order valence-electron chi connectivity index (χ0n) is 19.1. The molecule has 1 aromatic carbocycles. The molecule has 1 saturated heterocycles. The Kier molecular flexibility index (Phi) is 8.12. The summed E-state index contributed by atoms with van der Waals surface area (Å²) in [5, 5.41) is 16.0. The van der Waals surface area contributed by atoms with Crippen molar-refractivity contribution in [3.63, 3.8) is 0 Å². The van der Waals surface area contributed by atoms with Crippen LogP contribution in [0, 0.1) is 0 Å². The Morgan fingerprint density at radius 3 is 2.77 bits per heavy atom. The van der Waals surface area contributed by atoms with Gasteiger partial charge in [0.15, 0.2) is 17.1 Å². The molecule has 0 radical (unpaired) electrons. The molecule has 186 valence electrons. The number of nitrogens with zero attached hydrogens (tertiary/aromatic N) is 2. The lowest BCUT2D eigenvalue weighted by atomic mass is 10.1. The zero-order chi connectivity index (χ0) is 24.9. The number of amides is 2. The van der Waals surface area contributed by atoms with Crippen molar-refractivity contribution in [2.75, 3.05) is 38.7 Å². The molecule has 11 heteroatoms. The highest BCUT2D eigenvalue weighted by Crippen LogP contribution is 2.34. The number of aliphatic hydroxyl groups excluding tert-OH is 1. The number of pyridine rings is 1. The number of anilines is 1.